The quantitative estimate of drug-likeness (QED) is 0.857. The van der Waals surface area contributed by atoms with Crippen LogP contribution in [0, 0.1) is 5.92 Å². The van der Waals surface area contributed by atoms with Gasteiger partial charge in [-0.05, 0) is 52.3 Å². The molecule has 4 nitrogen and oxygen atoms in total. The van der Waals surface area contributed by atoms with Gasteiger partial charge in [-0.3, -0.25) is 9.78 Å². The van der Waals surface area contributed by atoms with Gasteiger partial charge >= 0.3 is 0 Å². The number of hydrogen-bond acceptors (Lipinski definition) is 3. The van der Waals surface area contributed by atoms with Crippen molar-refractivity contribution in [2.45, 2.75) is 20.4 Å². The van der Waals surface area contributed by atoms with Gasteiger partial charge in [0.15, 0.2) is 0 Å². The van der Waals surface area contributed by atoms with E-state index in [0.29, 0.717) is 6.54 Å². The molecule has 0 saturated heterocycles. The smallest absolute Gasteiger partial charge is 0.226 e. The van der Waals surface area contributed by atoms with E-state index < -0.39 is 0 Å². The maximum absolute atomic E-state index is 11.6. The predicted octanol–water partition coefficient (Wildman–Crippen LogP) is 4.05. The van der Waals surface area contributed by atoms with Crippen molar-refractivity contribution in [1.82, 2.24) is 4.98 Å². The Morgan fingerprint density at radius 2 is 1.81 bits per heavy atom. The van der Waals surface area contributed by atoms with Gasteiger partial charge in [-0.1, -0.05) is 13.8 Å². The second kappa shape index (κ2) is 7.22. The number of benzene rings is 1. The van der Waals surface area contributed by atoms with Gasteiger partial charge < -0.3 is 10.6 Å². The number of anilines is 2. The van der Waals surface area contributed by atoms with Crippen molar-refractivity contribution in [3.8, 4) is 0 Å². The van der Waals surface area contributed by atoms with E-state index in [1.165, 1.54) is 0 Å². The molecule has 0 spiro atoms. The highest BCUT2D eigenvalue weighted by atomic mass is 79.9. The minimum Gasteiger partial charge on any atom is -0.379 e. The van der Waals surface area contributed by atoms with Gasteiger partial charge in [0.05, 0.1) is 12.2 Å². The highest BCUT2D eigenvalue weighted by molar-refractivity contribution is 9.10. The summed E-state index contributed by atoms with van der Waals surface area (Å²) in [4.78, 5) is 15.9. The fraction of sp³-hybridized carbons (Fsp3) is 0.250. The van der Waals surface area contributed by atoms with Crippen molar-refractivity contribution in [1.29, 1.82) is 0 Å². The summed E-state index contributed by atoms with van der Waals surface area (Å²) in [5.74, 6) is 0.000974. The van der Waals surface area contributed by atoms with Crippen LogP contribution < -0.4 is 10.6 Å². The minimum absolute atomic E-state index is 0.0220. The number of pyridine rings is 1. The number of nitrogens with one attached hydrogen (secondary N) is 2. The number of rotatable bonds is 5. The zero-order valence-electron chi connectivity index (χ0n) is 12.1. The second-order valence-electron chi connectivity index (χ2n) is 5.04. The molecule has 110 valence electrons. The van der Waals surface area contributed by atoms with Gasteiger partial charge in [-0.2, -0.15) is 0 Å². The van der Waals surface area contributed by atoms with Crippen LogP contribution in [0.1, 0.15) is 19.5 Å². The Kier molecular flexibility index (Phi) is 5.33. The van der Waals surface area contributed by atoms with Crippen molar-refractivity contribution in [2.75, 3.05) is 10.6 Å². The maximum atomic E-state index is 11.6. The van der Waals surface area contributed by atoms with Crippen LogP contribution in [0.3, 0.4) is 0 Å². The van der Waals surface area contributed by atoms with Crippen molar-refractivity contribution in [3.05, 3.63) is 52.8 Å². The van der Waals surface area contributed by atoms with Gasteiger partial charge in [0.1, 0.15) is 0 Å². The Balaban J connectivity index is 1.90. The molecule has 1 heterocycles. The lowest BCUT2D eigenvalue weighted by Crippen LogP contribution is -2.17. The molecule has 0 unspecified atom stereocenters. The Morgan fingerprint density at radius 1 is 1.14 bits per heavy atom. The van der Waals surface area contributed by atoms with Crippen LogP contribution in [0.25, 0.3) is 0 Å². The number of aromatic nitrogens is 1. The minimum atomic E-state index is -0.0220. The summed E-state index contributed by atoms with van der Waals surface area (Å²) in [6.07, 6.45) is 1.78. The molecule has 1 aromatic heterocycles. The van der Waals surface area contributed by atoms with E-state index in [4.69, 9.17) is 0 Å². The van der Waals surface area contributed by atoms with E-state index in [2.05, 4.69) is 31.5 Å². The van der Waals surface area contributed by atoms with Crippen LogP contribution in [0.2, 0.25) is 0 Å². The van der Waals surface area contributed by atoms with E-state index in [9.17, 15) is 4.79 Å². The summed E-state index contributed by atoms with van der Waals surface area (Å²) in [6, 6.07) is 11.6. The summed E-state index contributed by atoms with van der Waals surface area (Å²) < 4.78 is 0.969. The molecular formula is C16H18BrN3O. The molecule has 2 rings (SSSR count). The molecule has 1 aromatic carbocycles. The first-order valence-corrected chi connectivity index (χ1v) is 7.59. The number of amides is 1. The summed E-state index contributed by atoms with van der Waals surface area (Å²) in [7, 11) is 0. The van der Waals surface area contributed by atoms with E-state index in [1.807, 2.05) is 50.2 Å². The number of carbonyl (C=O) groups excluding carboxylic acids is 1. The van der Waals surface area contributed by atoms with Crippen molar-refractivity contribution >= 4 is 33.2 Å². The molecule has 2 N–H and O–H groups in total. The highest BCUT2D eigenvalue weighted by Crippen LogP contribution is 2.15. The van der Waals surface area contributed by atoms with Crippen molar-refractivity contribution in [3.63, 3.8) is 0 Å². The van der Waals surface area contributed by atoms with Crippen LogP contribution in [0.15, 0.2) is 47.1 Å². The van der Waals surface area contributed by atoms with Gasteiger partial charge in [0.2, 0.25) is 5.91 Å². The number of hydrogen-bond donors (Lipinski definition) is 2. The van der Waals surface area contributed by atoms with Crippen LogP contribution in [-0.4, -0.2) is 10.9 Å². The lowest BCUT2D eigenvalue weighted by Gasteiger charge is -2.09. The maximum Gasteiger partial charge on any atom is 0.226 e. The number of nitrogens with zero attached hydrogens (tertiary/aromatic N) is 1. The van der Waals surface area contributed by atoms with Gasteiger partial charge in [-0.15, -0.1) is 0 Å². The van der Waals surface area contributed by atoms with Crippen LogP contribution in [-0.2, 0) is 11.3 Å². The number of halogens is 1. The molecule has 0 aliphatic rings. The van der Waals surface area contributed by atoms with Crippen LogP contribution >= 0.6 is 15.9 Å². The van der Waals surface area contributed by atoms with Crippen LogP contribution in [0.4, 0.5) is 11.4 Å². The molecule has 21 heavy (non-hydrogen) atoms. The van der Waals surface area contributed by atoms with E-state index in [0.717, 1.165) is 21.5 Å². The molecule has 1 amide bonds. The fourth-order valence-corrected chi connectivity index (χ4v) is 1.90. The molecular weight excluding hydrogens is 330 g/mol. The zero-order valence-corrected chi connectivity index (χ0v) is 13.6. The average molecular weight is 348 g/mol. The third-order valence-corrected chi connectivity index (χ3v) is 3.41. The van der Waals surface area contributed by atoms with E-state index >= 15 is 0 Å². The molecule has 2 aromatic rings. The van der Waals surface area contributed by atoms with Gasteiger partial charge in [0.25, 0.3) is 0 Å². The summed E-state index contributed by atoms with van der Waals surface area (Å²) in [5, 5.41) is 6.16. The number of carbonyl (C=O) groups is 1. The molecule has 0 bridgehead atoms. The third-order valence-electron chi connectivity index (χ3n) is 2.94. The zero-order chi connectivity index (χ0) is 15.2. The topological polar surface area (TPSA) is 54.0 Å². The molecule has 0 saturated carbocycles. The molecule has 0 fully saturated rings. The first-order chi connectivity index (χ1) is 10.0. The third kappa shape index (κ3) is 4.86. The first-order valence-electron chi connectivity index (χ1n) is 6.80. The molecule has 0 aliphatic heterocycles. The SMILES string of the molecule is CC(C)C(=O)Nc1ccc(NCc2ccc(Br)cn2)cc1. The molecule has 0 radical (unpaired) electrons. The van der Waals surface area contributed by atoms with Crippen LogP contribution in [0.5, 0.6) is 0 Å². The Morgan fingerprint density at radius 3 is 2.38 bits per heavy atom. The van der Waals surface area contributed by atoms with E-state index in [1.54, 1.807) is 6.20 Å². The second-order valence-corrected chi connectivity index (χ2v) is 5.96. The summed E-state index contributed by atoms with van der Waals surface area (Å²) >= 11 is 3.36. The van der Waals surface area contributed by atoms with Gasteiger partial charge in [0, 0.05) is 28.0 Å². The van der Waals surface area contributed by atoms with Crippen molar-refractivity contribution < 1.29 is 4.79 Å². The highest BCUT2D eigenvalue weighted by Gasteiger charge is 2.06. The Labute approximate surface area is 133 Å². The fourth-order valence-electron chi connectivity index (χ4n) is 1.66. The average Bonchev–Trinajstić information content (AvgIpc) is 2.48. The Hall–Kier alpha value is -1.88. The Bertz CT molecular complexity index is 594. The summed E-state index contributed by atoms with van der Waals surface area (Å²) in [5.41, 5.74) is 2.76. The van der Waals surface area contributed by atoms with Crippen molar-refractivity contribution in [2.24, 2.45) is 5.92 Å². The molecule has 0 atom stereocenters. The summed E-state index contributed by atoms with van der Waals surface area (Å²) in [6.45, 7) is 4.40. The van der Waals surface area contributed by atoms with Gasteiger partial charge in [-0.25, -0.2) is 0 Å². The largest absolute Gasteiger partial charge is 0.379 e. The normalized spacial score (nSPS) is 10.5. The lowest BCUT2D eigenvalue weighted by molar-refractivity contribution is -0.118. The van der Waals surface area contributed by atoms with E-state index in [-0.39, 0.29) is 11.8 Å². The lowest BCUT2D eigenvalue weighted by atomic mass is 10.2. The molecule has 0 aliphatic carbocycles. The first kappa shape index (κ1) is 15.5. The molecule has 5 heteroatoms. The standard InChI is InChI=1S/C16H18BrN3O/c1-11(2)16(21)20-14-7-5-13(6-8-14)19-10-15-4-3-12(17)9-18-15/h3-9,11,19H,10H2,1-2H3,(H,20,21). The predicted molar refractivity (Wildman–Crippen MR) is 89.2 cm³/mol. The monoisotopic (exact) mass is 347 g/mol.